The van der Waals surface area contributed by atoms with E-state index in [2.05, 4.69) is 10.1 Å². The second-order valence-corrected chi connectivity index (χ2v) is 6.57. The minimum Gasteiger partial charge on any atom is -0.355 e. The second kappa shape index (κ2) is 6.18. The smallest absolute Gasteiger partial charge is 0.157 e. The van der Waals surface area contributed by atoms with Crippen LogP contribution >= 0.6 is 0 Å². The third-order valence-electron chi connectivity index (χ3n) is 5.07. The molecule has 1 aliphatic heterocycles. The minimum atomic E-state index is -1.11. The van der Waals surface area contributed by atoms with Gasteiger partial charge in [-0.1, -0.05) is 0 Å². The Bertz CT molecular complexity index is 859. The van der Waals surface area contributed by atoms with Crippen molar-refractivity contribution >= 4 is 11.5 Å². The molecule has 0 spiro atoms. The van der Waals surface area contributed by atoms with Gasteiger partial charge in [0.15, 0.2) is 11.5 Å². The summed E-state index contributed by atoms with van der Waals surface area (Å²) in [5, 5.41) is 4.11. The van der Waals surface area contributed by atoms with Crippen molar-refractivity contribution in [2.75, 3.05) is 18.0 Å². The SMILES string of the molecule is NC1CN(c2ccn3nccc3n2)CC[C@@H]1C1CC(F)=C(F)C=C1F. The zero-order valence-corrected chi connectivity index (χ0v) is 13.4. The van der Waals surface area contributed by atoms with E-state index in [9.17, 15) is 13.2 Å². The molecule has 132 valence electrons. The lowest BCUT2D eigenvalue weighted by Gasteiger charge is -2.41. The van der Waals surface area contributed by atoms with Gasteiger partial charge < -0.3 is 10.6 Å². The van der Waals surface area contributed by atoms with Gasteiger partial charge in [0.1, 0.15) is 17.5 Å². The number of anilines is 1. The maximum Gasteiger partial charge on any atom is 0.157 e. The Morgan fingerprint density at radius 2 is 2.04 bits per heavy atom. The summed E-state index contributed by atoms with van der Waals surface area (Å²) in [4.78, 5) is 6.57. The lowest BCUT2D eigenvalue weighted by molar-refractivity contribution is 0.225. The van der Waals surface area contributed by atoms with Gasteiger partial charge in [0.05, 0.1) is 6.20 Å². The van der Waals surface area contributed by atoms with Crippen LogP contribution in [0.25, 0.3) is 5.65 Å². The highest BCUT2D eigenvalue weighted by Gasteiger charge is 2.38. The summed E-state index contributed by atoms with van der Waals surface area (Å²) in [5.74, 6) is -2.77. The van der Waals surface area contributed by atoms with E-state index in [-0.39, 0.29) is 18.4 Å². The second-order valence-electron chi connectivity index (χ2n) is 6.57. The first kappa shape index (κ1) is 16.1. The number of fused-ring (bicyclic) bond motifs is 1. The van der Waals surface area contributed by atoms with E-state index in [1.807, 2.05) is 23.2 Å². The van der Waals surface area contributed by atoms with Gasteiger partial charge in [0.2, 0.25) is 0 Å². The first-order chi connectivity index (χ1) is 12.0. The molecule has 0 aromatic carbocycles. The average molecular weight is 349 g/mol. The summed E-state index contributed by atoms with van der Waals surface area (Å²) in [6, 6.07) is 3.31. The van der Waals surface area contributed by atoms with Crippen molar-refractivity contribution in [1.82, 2.24) is 14.6 Å². The summed E-state index contributed by atoms with van der Waals surface area (Å²) in [6.07, 6.45) is 4.48. The van der Waals surface area contributed by atoms with Crippen LogP contribution in [-0.4, -0.2) is 33.7 Å². The molecule has 8 heteroatoms. The predicted octanol–water partition coefficient (Wildman–Crippen LogP) is 2.91. The molecule has 2 N–H and O–H groups in total. The van der Waals surface area contributed by atoms with Crippen LogP contribution in [0.1, 0.15) is 12.8 Å². The fourth-order valence-electron chi connectivity index (χ4n) is 3.74. The topological polar surface area (TPSA) is 59.5 Å². The van der Waals surface area contributed by atoms with Gasteiger partial charge >= 0.3 is 0 Å². The highest BCUT2D eigenvalue weighted by atomic mass is 19.2. The van der Waals surface area contributed by atoms with Gasteiger partial charge in [-0.2, -0.15) is 5.10 Å². The van der Waals surface area contributed by atoms with Gasteiger partial charge in [0.25, 0.3) is 0 Å². The number of hydrogen-bond acceptors (Lipinski definition) is 4. The van der Waals surface area contributed by atoms with Crippen LogP contribution in [0.15, 0.2) is 48.1 Å². The van der Waals surface area contributed by atoms with Crippen LogP contribution < -0.4 is 10.6 Å². The largest absolute Gasteiger partial charge is 0.355 e. The monoisotopic (exact) mass is 349 g/mol. The molecule has 1 fully saturated rings. The molecule has 1 aliphatic carbocycles. The molecule has 3 atom stereocenters. The summed E-state index contributed by atoms with van der Waals surface area (Å²) >= 11 is 0. The molecule has 2 aromatic heterocycles. The molecule has 1 saturated heterocycles. The van der Waals surface area contributed by atoms with E-state index in [1.165, 1.54) is 0 Å². The van der Waals surface area contributed by atoms with Crippen molar-refractivity contribution in [3.05, 3.63) is 48.1 Å². The first-order valence-electron chi connectivity index (χ1n) is 8.25. The number of nitrogens with two attached hydrogens (primary N) is 1. The number of piperidine rings is 1. The number of rotatable bonds is 2. The Hall–Kier alpha value is -2.35. The normalized spacial score (nSPS) is 27.8. The Labute approximate surface area is 142 Å². The van der Waals surface area contributed by atoms with Crippen molar-refractivity contribution in [3.63, 3.8) is 0 Å². The highest BCUT2D eigenvalue weighted by Crippen LogP contribution is 2.40. The Kier molecular flexibility index (Phi) is 3.99. The van der Waals surface area contributed by atoms with E-state index in [0.717, 1.165) is 11.5 Å². The van der Waals surface area contributed by atoms with Crippen LogP contribution in [0, 0.1) is 11.8 Å². The van der Waals surface area contributed by atoms with Crippen molar-refractivity contribution in [2.24, 2.45) is 17.6 Å². The minimum absolute atomic E-state index is 0.231. The summed E-state index contributed by atoms with van der Waals surface area (Å²) < 4.78 is 42.5. The molecule has 2 unspecified atom stereocenters. The van der Waals surface area contributed by atoms with Crippen LogP contribution in [-0.2, 0) is 0 Å². The third-order valence-corrected chi connectivity index (χ3v) is 5.07. The van der Waals surface area contributed by atoms with Crippen molar-refractivity contribution in [2.45, 2.75) is 18.9 Å². The average Bonchev–Trinajstić information content (AvgIpc) is 3.06. The maximum absolute atomic E-state index is 14.1. The lowest BCUT2D eigenvalue weighted by Crippen LogP contribution is -2.51. The van der Waals surface area contributed by atoms with Gasteiger partial charge in [-0.15, -0.1) is 0 Å². The first-order valence-corrected chi connectivity index (χ1v) is 8.25. The van der Waals surface area contributed by atoms with Crippen LogP contribution in [0.5, 0.6) is 0 Å². The zero-order chi connectivity index (χ0) is 17.6. The van der Waals surface area contributed by atoms with Gasteiger partial charge in [-0.25, -0.2) is 22.7 Å². The molecule has 0 amide bonds. The van der Waals surface area contributed by atoms with E-state index in [0.29, 0.717) is 25.6 Å². The van der Waals surface area contributed by atoms with E-state index in [4.69, 9.17) is 5.73 Å². The highest BCUT2D eigenvalue weighted by molar-refractivity contribution is 5.48. The molecule has 0 bridgehead atoms. The molecule has 2 aromatic rings. The van der Waals surface area contributed by atoms with E-state index >= 15 is 0 Å². The van der Waals surface area contributed by atoms with Crippen LogP contribution in [0.2, 0.25) is 0 Å². The number of halogens is 3. The van der Waals surface area contributed by atoms with Crippen LogP contribution in [0.4, 0.5) is 19.0 Å². The van der Waals surface area contributed by atoms with Crippen molar-refractivity contribution in [1.29, 1.82) is 0 Å². The molecular formula is C17H18F3N5. The van der Waals surface area contributed by atoms with E-state index < -0.39 is 23.4 Å². The van der Waals surface area contributed by atoms with Crippen LogP contribution in [0.3, 0.4) is 0 Å². The molecular weight excluding hydrogens is 331 g/mol. The molecule has 3 heterocycles. The molecule has 25 heavy (non-hydrogen) atoms. The number of aromatic nitrogens is 3. The van der Waals surface area contributed by atoms with E-state index in [1.54, 1.807) is 10.7 Å². The maximum atomic E-state index is 14.1. The molecule has 2 aliphatic rings. The molecule has 5 nitrogen and oxygen atoms in total. The van der Waals surface area contributed by atoms with Gasteiger partial charge in [-0.05, 0) is 18.4 Å². The van der Waals surface area contributed by atoms with Gasteiger partial charge in [0, 0.05) is 49.8 Å². The number of hydrogen-bond donors (Lipinski definition) is 1. The van der Waals surface area contributed by atoms with Crippen molar-refractivity contribution < 1.29 is 13.2 Å². The standard InChI is InChI=1S/C17H18F3N5/c18-12-8-14(20)13(19)7-11(12)10-2-5-24(9-15(10)21)16-3-6-25-17(23-16)1-4-22-25/h1,3-4,6,8,10-11,15H,2,5,7,9,21H2/t10-,11?,15?/m1/s1. The van der Waals surface area contributed by atoms with Crippen molar-refractivity contribution in [3.8, 4) is 0 Å². The number of nitrogens with zero attached hydrogens (tertiary/aromatic N) is 4. The van der Waals surface area contributed by atoms with Gasteiger partial charge in [-0.3, -0.25) is 0 Å². The molecule has 0 radical (unpaired) electrons. The Morgan fingerprint density at radius 3 is 2.84 bits per heavy atom. The quantitative estimate of drug-likeness (QED) is 0.906. The Balaban J connectivity index is 1.50. The zero-order valence-electron chi connectivity index (χ0n) is 13.4. The summed E-state index contributed by atoms with van der Waals surface area (Å²) in [5.41, 5.74) is 6.99. The summed E-state index contributed by atoms with van der Waals surface area (Å²) in [6.45, 7) is 1.12. The molecule has 0 saturated carbocycles. The lowest BCUT2D eigenvalue weighted by atomic mass is 9.77. The number of allylic oxidation sites excluding steroid dienone is 4. The fourth-order valence-corrected chi connectivity index (χ4v) is 3.74. The Morgan fingerprint density at radius 1 is 1.20 bits per heavy atom. The molecule has 4 rings (SSSR count). The third kappa shape index (κ3) is 2.90. The summed E-state index contributed by atoms with van der Waals surface area (Å²) in [7, 11) is 0. The predicted molar refractivity (Wildman–Crippen MR) is 87.8 cm³/mol. The fraction of sp³-hybridized carbons (Fsp3) is 0.412.